The first kappa shape index (κ1) is 20.7. The molecule has 1 amide bonds. The molecule has 0 saturated carbocycles. The SMILES string of the molecule is CC1CCN(C(=O)OC(C)(C)C)CCS/C(Br)=C\1c1nc2ccccc2s1. The van der Waals surface area contributed by atoms with Crippen LogP contribution in [0, 0.1) is 5.92 Å². The maximum atomic E-state index is 12.5. The zero-order valence-corrected chi connectivity index (χ0v) is 19.3. The van der Waals surface area contributed by atoms with Crippen molar-refractivity contribution in [2.75, 3.05) is 18.8 Å². The lowest BCUT2D eigenvalue weighted by atomic mass is 9.99. The van der Waals surface area contributed by atoms with Gasteiger partial charge in [0.15, 0.2) is 0 Å². The maximum absolute atomic E-state index is 12.5. The summed E-state index contributed by atoms with van der Waals surface area (Å²) in [7, 11) is 0. The number of fused-ring (bicyclic) bond motifs is 1. The van der Waals surface area contributed by atoms with Crippen molar-refractivity contribution in [3.63, 3.8) is 0 Å². The molecule has 1 aromatic carbocycles. The molecule has 0 aliphatic carbocycles. The monoisotopic (exact) mass is 468 g/mol. The Kier molecular flexibility index (Phi) is 6.54. The zero-order chi connectivity index (χ0) is 19.6. The maximum Gasteiger partial charge on any atom is 0.410 e. The summed E-state index contributed by atoms with van der Waals surface area (Å²) < 4.78 is 7.90. The first-order valence-corrected chi connectivity index (χ1v) is 11.7. The van der Waals surface area contributed by atoms with Crippen molar-refractivity contribution >= 4 is 60.9 Å². The molecule has 1 unspecified atom stereocenters. The van der Waals surface area contributed by atoms with E-state index in [9.17, 15) is 4.79 Å². The summed E-state index contributed by atoms with van der Waals surface area (Å²) in [5.41, 5.74) is 1.81. The molecule has 146 valence electrons. The first-order valence-electron chi connectivity index (χ1n) is 9.11. The van der Waals surface area contributed by atoms with Gasteiger partial charge in [-0.3, -0.25) is 0 Å². The van der Waals surface area contributed by atoms with Crippen molar-refractivity contribution in [1.82, 2.24) is 9.88 Å². The molecule has 3 rings (SSSR count). The minimum Gasteiger partial charge on any atom is -0.444 e. The zero-order valence-electron chi connectivity index (χ0n) is 16.1. The van der Waals surface area contributed by atoms with Crippen LogP contribution in [-0.2, 0) is 4.74 Å². The number of amides is 1. The van der Waals surface area contributed by atoms with E-state index in [0.717, 1.165) is 26.5 Å². The van der Waals surface area contributed by atoms with Crippen LogP contribution in [0.2, 0.25) is 0 Å². The van der Waals surface area contributed by atoms with E-state index >= 15 is 0 Å². The number of aromatic nitrogens is 1. The van der Waals surface area contributed by atoms with Crippen molar-refractivity contribution in [3.05, 3.63) is 33.1 Å². The average Bonchev–Trinajstić information content (AvgIpc) is 3.00. The second-order valence-electron chi connectivity index (χ2n) is 7.68. The number of nitrogens with zero attached hydrogens (tertiary/aromatic N) is 2. The Balaban J connectivity index is 1.81. The number of carbonyl (C=O) groups is 1. The van der Waals surface area contributed by atoms with Crippen molar-refractivity contribution in [2.45, 2.75) is 39.7 Å². The predicted molar refractivity (Wildman–Crippen MR) is 120 cm³/mol. The van der Waals surface area contributed by atoms with Crippen LogP contribution < -0.4 is 0 Å². The van der Waals surface area contributed by atoms with Crippen LogP contribution in [0.4, 0.5) is 4.79 Å². The van der Waals surface area contributed by atoms with Gasteiger partial charge in [0.2, 0.25) is 0 Å². The van der Waals surface area contributed by atoms with Crippen molar-refractivity contribution in [1.29, 1.82) is 0 Å². The normalized spacial score (nSPS) is 22.3. The van der Waals surface area contributed by atoms with Gasteiger partial charge >= 0.3 is 6.09 Å². The second kappa shape index (κ2) is 8.53. The number of thiazole rings is 1. The summed E-state index contributed by atoms with van der Waals surface area (Å²) in [5, 5.41) is 1.06. The molecule has 0 fully saturated rings. The summed E-state index contributed by atoms with van der Waals surface area (Å²) in [6, 6.07) is 8.24. The highest BCUT2D eigenvalue weighted by molar-refractivity contribution is 9.14. The van der Waals surface area contributed by atoms with Gasteiger partial charge in [-0.2, -0.15) is 0 Å². The lowest BCUT2D eigenvalue weighted by molar-refractivity contribution is 0.0257. The third-order valence-corrected chi connectivity index (χ3v) is 7.35. The van der Waals surface area contributed by atoms with E-state index in [1.165, 1.54) is 10.3 Å². The molecule has 0 bridgehead atoms. The van der Waals surface area contributed by atoms with E-state index in [1.54, 1.807) is 23.1 Å². The minimum atomic E-state index is -0.473. The Morgan fingerprint density at radius 3 is 2.74 bits per heavy atom. The van der Waals surface area contributed by atoms with Gasteiger partial charge in [0, 0.05) is 24.4 Å². The molecule has 1 aromatic heterocycles. The molecular formula is C20H25BrN2O2S2. The Bertz CT molecular complexity index is 824. The van der Waals surface area contributed by atoms with Gasteiger partial charge in [0.25, 0.3) is 0 Å². The highest BCUT2D eigenvalue weighted by Gasteiger charge is 2.26. The van der Waals surface area contributed by atoms with E-state index < -0.39 is 5.60 Å². The molecule has 0 saturated heterocycles. The van der Waals surface area contributed by atoms with Crippen LogP contribution in [0.1, 0.15) is 39.1 Å². The van der Waals surface area contributed by atoms with Gasteiger partial charge in [-0.15, -0.1) is 23.1 Å². The molecule has 0 spiro atoms. The van der Waals surface area contributed by atoms with Gasteiger partial charge in [0.05, 0.1) is 14.0 Å². The summed E-state index contributed by atoms with van der Waals surface area (Å²) in [4.78, 5) is 19.2. The number of hydrogen-bond acceptors (Lipinski definition) is 5. The number of para-hydroxylation sites is 1. The van der Waals surface area contributed by atoms with Crippen LogP contribution in [0.25, 0.3) is 15.8 Å². The second-order valence-corrected chi connectivity index (χ2v) is 11.1. The van der Waals surface area contributed by atoms with Crippen LogP contribution in [0.5, 0.6) is 0 Å². The number of rotatable bonds is 1. The van der Waals surface area contributed by atoms with E-state index in [-0.39, 0.29) is 12.0 Å². The molecule has 2 aromatic rings. The fourth-order valence-corrected chi connectivity index (χ4v) is 6.25. The molecule has 4 nitrogen and oxygen atoms in total. The average molecular weight is 469 g/mol. The summed E-state index contributed by atoms with van der Waals surface area (Å²) in [5.74, 6) is 1.11. The van der Waals surface area contributed by atoms with Crippen LogP contribution in [0.3, 0.4) is 0 Å². The smallest absolute Gasteiger partial charge is 0.410 e. The van der Waals surface area contributed by atoms with Crippen LogP contribution in [0.15, 0.2) is 28.1 Å². The van der Waals surface area contributed by atoms with Crippen molar-refractivity contribution in [2.24, 2.45) is 5.92 Å². The first-order chi connectivity index (χ1) is 12.7. The lowest BCUT2D eigenvalue weighted by Gasteiger charge is -2.27. The number of hydrogen-bond donors (Lipinski definition) is 0. The predicted octanol–water partition coefficient (Wildman–Crippen LogP) is 6.37. The Morgan fingerprint density at radius 2 is 2.04 bits per heavy atom. The fraction of sp³-hybridized carbons (Fsp3) is 0.500. The van der Waals surface area contributed by atoms with Gasteiger partial charge in [-0.1, -0.05) is 19.1 Å². The minimum absolute atomic E-state index is 0.227. The summed E-state index contributed by atoms with van der Waals surface area (Å²) >= 11 is 7.26. The summed E-state index contributed by atoms with van der Waals surface area (Å²) in [6.07, 6.45) is 0.648. The molecule has 7 heteroatoms. The largest absolute Gasteiger partial charge is 0.444 e. The van der Waals surface area contributed by atoms with Crippen molar-refractivity contribution < 1.29 is 9.53 Å². The molecule has 1 atom stereocenters. The number of carbonyl (C=O) groups excluding carboxylic acids is 1. The van der Waals surface area contributed by atoms with Gasteiger partial charge in [0.1, 0.15) is 10.6 Å². The lowest BCUT2D eigenvalue weighted by Crippen LogP contribution is -2.39. The van der Waals surface area contributed by atoms with E-state index in [0.29, 0.717) is 13.1 Å². The van der Waals surface area contributed by atoms with E-state index in [2.05, 4.69) is 35.0 Å². The third-order valence-electron chi connectivity index (χ3n) is 4.30. The molecule has 27 heavy (non-hydrogen) atoms. The Hall–Kier alpha value is -1.05. The fourth-order valence-electron chi connectivity index (χ4n) is 2.91. The number of ether oxygens (including phenoxy) is 1. The van der Waals surface area contributed by atoms with Gasteiger partial charge < -0.3 is 9.64 Å². The quantitative estimate of drug-likeness (QED) is 0.487. The van der Waals surface area contributed by atoms with Crippen LogP contribution in [-0.4, -0.2) is 40.4 Å². The molecular weight excluding hydrogens is 444 g/mol. The number of halogens is 1. The number of benzene rings is 1. The highest BCUT2D eigenvalue weighted by atomic mass is 79.9. The third kappa shape index (κ3) is 5.27. The van der Waals surface area contributed by atoms with Gasteiger partial charge in [-0.05, 0) is 61.2 Å². The molecule has 0 N–H and O–H groups in total. The standard InChI is InChI=1S/C20H25BrN2O2S2/c1-13-9-10-23(19(24)25-20(2,3)4)11-12-26-17(21)16(13)18-22-14-7-5-6-8-15(14)27-18/h5-8,13H,9-12H2,1-4H3/b17-16+. The van der Waals surface area contributed by atoms with E-state index in [4.69, 9.17) is 9.72 Å². The molecule has 1 aliphatic heterocycles. The Morgan fingerprint density at radius 1 is 1.30 bits per heavy atom. The van der Waals surface area contributed by atoms with Crippen LogP contribution >= 0.6 is 39.0 Å². The number of thioether (sulfide) groups is 1. The van der Waals surface area contributed by atoms with Gasteiger partial charge in [-0.25, -0.2) is 9.78 Å². The summed E-state index contributed by atoms with van der Waals surface area (Å²) in [6.45, 7) is 9.29. The number of allylic oxidation sites excluding steroid dienone is 1. The van der Waals surface area contributed by atoms with Crippen molar-refractivity contribution in [3.8, 4) is 0 Å². The van der Waals surface area contributed by atoms with E-state index in [1.807, 2.05) is 37.8 Å². The molecule has 2 heterocycles. The Labute approximate surface area is 177 Å². The molecule has 1 aliphatic rings. The highest BCUT2D eigenvalue weighted by Crippen LogP contribution is 2.41. The topological polar surface area (TPSA) is 42.4 Å². The molecule has 0 radical (unpaired) electrons.